The van der Waals surface area contributed by atoms with Crippen LogP contribution < -0.4 is 0 Å². The lowest BCUT2D eigenvalue weighted by molar-refractivity contribution is -0.161. The Morgan fingerprint density at radius 1 is 0.654 bits per heavy atom. The molecule has 2 unspecified atom stereocenters. The Balaban J connectivity index is 2.11. The SMILES string of the molecule is CCCCC/C=C\C/C=C\CC1OC1C/C=C\CCCC(=O)O[C@H](COC(=O)CCCCCCCCCCCCCCCC(C)C)COP(=O)(O)O. The van der Waals surface area contributed by atoms with E-state index in [4.69, 9.17) is 24.0 Å². The van der Waals surface area contributed by atoms with Gasteiger partial charge in [0.25, 0.3) is 0 Å². The highest BCUT2D eigenvalue weighted by molar-refractivity contribution is 7.46. The van der Waals surface area contributed by atoms with Crippen LogP contribution in [0.15, 0.2) is 36.5 Å². The summed E-state index contributed by atoms with van der Waals surface area (Å²) in [6, 6.07) is 0. The smallest absolute Gasteiger partial charge is 0.462 e. The summed E-state index contributed by atoms with van der Waals surface area (Å²) in [5, 5.41) is 0. The Kier molecular flexibility index (Phi) is 30.3. The summed E-state index contributed by atoms with van der Waals surface area (Å²) >= 11 is 0. The average molecular weight is 755 g/mol. The van der Waals surface area contributed by atoms with Gasteiger partial charge in [0.15, 0.2) is 6.10 Å². The molecule has 0 aliphatic carbocycles. The Bertz CT molecular complexity index is 1020. The number of ether oxygens (including phenoxy) is 3. The lowest BCUT2D eigenvalue weighted by atomic mass is 10.0. The highest BCUT2D eigenvalue weighted by atomic mass is 31.2. The Morgan fingerprint density at radius 2 is 1.17 bits per heavy atom. The van der Waals surface area contributed by atoms with Crippen LogP contribution in [-0.4, -0.2) is 53.3 Å². The molecule has 1 rings (SSSR count). The predicted octanol–water partition coefficient (Wildman–Crippen LogP) is 11.4. The number of allylic oxidation sites excluding steroid dienone is 4. The quantitative estimate of drug-likeness (QED) is 0.0211. The van der Waals surface area contributed by atoms with Crippen LogP contribution in [0.2, 0.25) is 0 Å². The molecule has 52 heavy (non-hydrogen) atoms. The van der Waals surface area contributed by atoms with Crippen LogP contribution in [0.1, 0.15) is 181 Å². The zero-order valence-electron chi connectivity index (χ0n) is 33.1. The van der Waals surface area contributed by atoms with Crippen molar-refractivity contribution in [1.29, 1.82) is 0 Å². The largest absolute Gasteiger partial charge is 0.469 e. The minimum atomic E-state index is -4.77. The van der Waals surface area contributed by atoms with E-state index in [0.717, 1.165) is 44.4 Å². The van der Waals surface area contributed by atoms with E-state index in [9.17, 15) is 14.2 Å². The Morgan fingerprint density at radius 3 is 1.77 bits per heavy atom. The molecule has 0 radical (unpaired) electrons. The lowest BCUT2D eigenvalue weighted by Gasteiger charge is -2.18. The van der Waals surface area contributed by atoms with Crippen molar-refractivity contribution < 1.29 is 42.7 Å². The maximum absolute atomic E-state index is 12.4. The minimum absolute atomic E-state index is 0.129. The van der Waals surface area contributed by atoms with Gasteiger partial charge in [0.2, 0.25) is 0 Å². The van der Waals surface area contributed by atoms with Crippen molar-refractivity contribution in [1.82, 2.24) is 0 Å². The standard InChI is InChI=1S/C42H75O9P/c1-4-5-6-7-8-14-18-21-26-31-39-40(51-39)32-27-23-24-29-34-42(44)50-38(36-49-52(45,46)47)35-48-41(43)33-28-22-19-16-13-11-9-10-12-15-17-20-25-30-37(2)3/h8,14,21,23,26-27,37-40H,4-7,9-13,15-20,22,24-25,28-36H2,1-3H3,(H2,45,46,47)/b14-8-,26-21-,27-23-/t38-,39?,40?/m1/s1. The van der Waals surface area contributed by atoms with Gasteiger partial charge in [0.1, 0.15) is 6.61 Å². The molecule has 0 saturated carbocycles. The fraction of sp³-hybridized carbons (Fsp3) is 0.810. The van der Waals surface area contributed by atoms with E-state index in [1.807, 2.05) is 6.08 Å². The van der Waals surface area contributed by atoms with Gasteiger partial charge >= 0.3 is 19.8 Å². The van der Waals surface area contributed by atoms with Gasteiger partial charge in [-0.1, -0.05) is 154 Å². The van der Waals surface area contributed by atoms with E-state index in [2.05, 4.69) is 55.7 Å². The lowest BCUT2D eigenvalue weighted by Crippen LogP contribution is -2.29. The first-order valence-electron chi connectivity index (χ1n) is 20.8. The molecule has 302 valence electrons. The molecule has 9 nitrogen and oxygen atoms in total. The first-order chi connectivity index (χ1) is 25.1. The maximum atomic E-state index is 12.4. The van der Waals surface area contributed by atoms with Gasteiger partial charge in [0.05, 0.1) is 18.8 Å². The van der Waals surface area contributed by atoms with Crippen LogP contribution in [0.4, 0.5) is 0 Å². The van der Waals surface area contributed by atoms with Crippen molar-refractivity contribution in [2.45, 2.75) is 200 Å². The topological polar surface area (TPSA) is 132 Å². The third-order valence-corrected chi connectivity index (χ3v) is 9.73. The summed E-state index contributed by atoms with van der Waals surface area (Å²) < 4.78 is 32.1. The van der Waals surface area contributed by atoms with Crippen molar-refractivity contribution in [3.05, 3.63) is 36.5 Å². The predicted molar refractivity (Wildman–Crippen MR) is 211 cm³/mol. The van der Waals surface area contributed by atoms with E-state index in [1.54, 1.807) is 0 Å². The van der Waals surface area contributed by atoms with Crippen LogP contribution in [0.25, 0.3) is 0 Å². The summed E-state index contributed by atoms with van der Waals surface area (Å²) in [5.74, 6) is -0.133. The van der Waals surface area contributed by atoms with Gasteiger partial charge < -0.3 is 24.0 Å². The van der Waals surface area contributed by atoms with Crippen molar-refractivity contribution in [3.63, 3.8) is 0 Å². The molecule has 1 saturated heterocycles. The van der Waals surface area contributed by atoms with Crippen molar-refractivity contribution >= 4 is 19.8 Å². The second-order valence-electron chi connectivity index (χ2n) is 14.8. The molecule has 0 amide bonds. The van der Waals surface area contributed by atoms with Crippen molar-refractivity contribution in [2.75, 3.05) is 13.2 Å². The molecule has 2 N–H and O–H groups in total. The van der Waals surface area contributed by atoms with E-state index >= 15 is 0 Å². The second-order valence-corrected chi connectivity index (χ2v) is 16.1. The van der Waals surface area contributed by atoms with Gasteiger partial charge in [-0.05, 0) is 57.3 Å². The summed E-state index contributed by atoms with van der Waals surface area (Å²) in [4.78, 5) is 42.9. The van der Waals surface area contributed by atoms with Gasteiger partial charge in [-0.25, -0.2) is 4.57 Å². The zero-order chi connectivity index (χ0) is 38.1. The van der Waals surface area contributed by atoms with Gasteiger partial charge in [0, 0.05) is 12.8 Å². The number of unbranched alkanes of at least 4 members (excludes halogenated alkanes) is 16. The monoisotopic (exact) mass is 755 g/mol. The molecule has 1 aliphatic heterocycles. The highest BCUT2D eigenvalue weighted by Crippen LogP contribution is 2.36. The van der Waals surface area contributed by atoms with Gasteiger partial charge in [-0.15, -0.1) is 0 Å². The number of hydrogen-bond acceptors (Lipinski definition) is 7. The molecule has 1 fully saturated rings. The molecule has 0 aromatic heterocycles. The first kappa shape index (κ1) is 48.2. The highest BCUT2D eigenvalue weighted by Gasteiger charge is 2.36. The molecule has 0 aromatic carbocycles. The summed E-state index contributed by atoms with van der Waals surface area (Å²) in [5.41, 5.74) is 0. The van der Waals surface area contributed by atoms with E-state index in [0.29, 0.717) is 19.3 Å². The number of phosphoric ester groups is 1. The molecule has 1 heterocycles. The zero-order valence-corrected chi connectivity index (χ0v) is 34.0. The van der Waals surface area contributed by atoms with E-state index in [-0.39, 0.29) is 31.7 Å². The van der Waals surface area contributed by atoms with E-state index < -0.39 is 32.5 Å². The third kappa shape index (κ3) is 32.8. The number of carbonyl (C=O) groups is 2. The number of rotatable bonds is 36. The number of epoxide rings is 1. The fourth-order valence-corrected chi connectivity index (χ4v) is 6.36. The molecular weight excluding hydrogens is 679 g/mol. The van der Waals surface area contributed by atoms with Crippen LogP contribution in [0.3, 0.4) is 0 Å². The second kappa shape index (κ2) is 32.6. The third-order valence-electron chi connectivity index (χ3n) is 9.24. The average Bonchev–Trinajstić information content (AvgIpc) is 3.85. The van der Waals surface area contributed by atoms with E-state index in [1.165, 1.54) is 89.9 Å². The van der Waals surface area contributed by atoms with Gasteiger partial charge in [-0.3, -0.25) is 14.1 Å². The number of phosphoric acid groups is 1. The minimum Gasteiger partial charge on any atom is -0.462 e. The summed E-state index contributed by atoms with van der Waals surface area (Å²) in [6.07, 6.45) is 39.0. The molecule has 1 aliphatic rings. The fourth-order valence-electron chi connectivity index (χ4n) is 6.00. The van der Waals surface area contributed by atoms with Gasteiger partial charge in [-0.2, -0.15) is 0 Å². The number of esters is 2. The molecule has 0 aromatic rings. The van der Waals surface area contributed by atoms with Crippen LogP contribution in [-0.2, 0) is 32.9 Å². The van der Waals surface area contributed by atoms with Crippen LogP contribution in [0.5, 0.6) is 0 Å². The Labute approximate surface area is 317 Å². The summed E-state index contributed by atoms with van der Waals surface area (Å²) in [6.45, 7) is 5.94. The van der Waals surface area contributed by atoms with Crippen molar-refractivity contribution in [2.24, 2.45) is 5.92 Å². The molecular formula is C42H75O9P. The van der Waals surface area contributed by atoms with Crippen LogP contribution >= 0.6 is 7.82 Å². The van der Waals surface area contributed by atoms with Crippen molar-refractivity contribution in [3.8, 4) is 0 Å². The first-order valence-corrected chi connectivity index (χ1v) is 22.3. The molecule has 10 heteroatoms. The normalized spacial score (nSPS) is 16.8. The molecule has 0 spiro atoms. The number of carbonyl (C=O) groups excluding carboxylic acids is 2. The summed E-state index contributed by atoms with van der Waals surface area (Å²) in [7, 11) is -4.77. The number of hydrogen-bond donors (Lipinski definition) is 2. The molecule has 0 bridgehead atoms. The molecule has 3 atom stereocenters. The maximum Gasteiger partial charge on any atom is 0.469 e. The van der Waals surface area contributed by atoms with Crippen LogP contribution in [0, 0.1) is 5.92 Å². The Hall–Kier alpha value is -1.77.